The zero-order chi connectivity index (χ0) is 13.9. The van der Waals surface area contributed by atoms with Gasteiger partial charge in [0.15, 0.2) is 0 Å². The molecule has 0 aromatic heterocycles. The number of allylic oxidation sites excluding steroid dienone is 2. The molecule has 0 amide bonds. The van der Waals surface area contributed by atoms with Crippen LogP contribution < -0.4 is 0 Å². The van der Waals surface area contributed by atoms with E-state index in [1.54, 1.807) is 0 Å². The second-order valence-corrected chi connectivity index (χ2v) is 6.23. The molecular weight excluding hydrogens is 240 g/mol. The molecular formula is C16H26O3. The Balaban J connectivity index is 1.77. The summed E-state index contributed by atoms with van der Waals surface area (Å²) in [6, 6.07) is 0. The predicted molar refractivity (Wildman–Crippen MR) is 75.7 cm³/mol. The first kappa shape index (κ1) is 14.6. The van der Waals surface area contributed by atoms with E-state index in [9.17, 15) is 0 Å². The number of hydrogen-bond donors (Lipinski definition) is 0. The van der Waals surface area contributed by atoms with Gasteiger partial charge in [0.05, 0.1) is 37.9 Å². The normalized spacial score (nSPS) is 23.1. The van der Waals surface area contributed by atoms with Crippen LogP contribution in [0.25, 0.3) is 0 Å². The lowest BCUT2D eigenvalue weighted by Crippen LogP contribution is -2.43. The highest BCUT2D eigenvalue weighted by Crippen LogP contribution is 2.40. The third-order valence-electron chi connectivity index (χ3n) is 4.57. The van der Waals surface area contributed by atoms with Gasteiger partial charge in [-0.25, -0.2) is 0 Å². The molecule has 2 fully saturated rings. The van der Waals surface area contributed by atoms with Crippen molar-refractivity contribution in [1.29, 1.82) is 0 Å². The molecule has 2 heterocycles. The van der Waals surface area contributed by atoms with Crippen molar-refractivity contribution in [3.05, 3.63) is 24.7 Å². The second-order valence-electron chi connectivity index (χ2n) is 6.23. The summed E-state index contributed by atoms with van der Waals surface area (Å²) in [7, 11) is 0. The first-order chi connectivity index (χ1) is 9.03. The van der Waals surface area contributed by atoms with Gasteiger partial charge in [-0.2, -0.15) is 0 Å². The van der Waals surface area contributed by atoms with Gasteiger partial charge in [-0.15, -0.1) is 0 Å². The molecule has 0 aliphatic carbocycles. The molecule has 19 heavy (non-hydrogen) atoms. The van der Waals surface area contributed by atoms with Gasteiger partial charge in [0.25, 0.3) is 0 Å². The van der Waals surface area contributed by atoms with Crippen LogP contribution >= 0.6 is 0 Å². The van der Waals surface area contributed by atoms with Crippen molar-refractivity contribution in [2.45, 2.75) is 39.5 Å². The fraction of sp³-hybridized carbons (Fsp3) is 0.750. The molecule has 2 saturated heterocycles. The average molecular weight is 266 g/mol. The van der Waals surface area contributed by atoms with Crippen LogP contribution in [0.4, 0.5) is 0 Å². The number of hydrogen-bond acceptors (Lipinski definition) is 3. The highest BCUT2D eigenvalue weighted by molar-refractivity contribution is 5.03. The van der Waals surface area contributed by atoms with E-state index in [0.29, 0.717) is 0 Å². The van der Waals surface area contributed by atoms with E-state index >= 15 is 0 Å². The Bertz CT molecular complexity index is 306. The minimum Gasteiger partial charge on any atom is -0.467 e. The molecule has 108 valence electrons. The zero-order valence-electron chi connectivity index (χ0n) is 12.3. The Hall–Kier alpha value is -0.800. The van der Waals surface area contributed by atoms with E-state index in [1.165, 1.54) is 0 Å². The predicted octanol–water partition coefficient (Wildman–Crippen LogP) is 3.66. The largest absolute Gasteiger partial charge is 0.467 e. The van der Waals surface area contributed by atoms with Crippen LogP contribution in [0.5, 0.6) is 0 Å². The van der Waals surface area contributed by atoms with Crippen LogP contribution in [0.3, 0.4) is 0 Å². The molecule has 0 unspecified atom stereocenters. The third-order valence-corrected chi connectivity index (χ3v) is 4.57. The van der Waals surface area contributed by atoms with Crippen molar-refractivity contribution in [3.8, 4) is 0 Å². The number of ether oxygens (including phenoxy) is 3. The quantitative estimate of drug-likeness (QED) is 0.627. The van der Waals surface area contributed by atoms with E-state index < -0.39 is 0 Å². The van der Waals surface area contributed by atoms with Gasteiger partial charge in [-0.3, -0.25) is 0 Å². The molecule has 0 N–H and O–H groups in total. The van der Waals surface area contributed by atoms with Gasteiger partial charge in [-0.05, 0) is 12.8 Å². The SMILES string of the molecule is C=C(CC1(CC)COC1)OC(=C)CC1(CC)COC1. The van der Waals surface area contributed by atoms with Gasteiger partial charge in [0.1, 0.15) is 0 Å². The van der Waals surface area contributed by atoms with E-state index in [4.69, 9.17) is 14.2 Å². The van der Waals surface area contributed by atoms with Crippen LogP contribution in [0.15, 0.2) is 24.7 Å². The lowest BCUT2D eigenvalue weighted by Gasteiger charge is -2.42. The van der Waals surface area contributed by atoms with E-state index in [0.717, 1.165) is 63.6 Å². The molecule has 0 spiro atoms. The second kappa shape index (κ2) is 5.68. The summed E-state index contributed by atoms with van der Waals surface area (Å²) in [5, 5.41) is 0. The molecule has 0 saturated carbocycles. The van der Waals surface area contributed by atoms with Crippen molar-refractivity contribution >= 4 is 0 Å². The minimum absolute atomic E-state index is 0.249. The molecule has 0 atom stereocenters. The molecule has 0 bridgehead atoms. The number of rotatable bonds is 8. The van der Waals surface area contributed by atoms with E-state index in [1.807, 2.05) is 0 Å². The molecule has 0 aromatic rings. The molecule has 2 aliphatic rings. The standard InChI is InChI=1S/C16H26O3/c1-5-15(9-17-10-15)7-13(3)19-14(4)8-16(6-2)11-18-12-16/h3-12H2,1-2H3. The maximum atomic E-state index is 5.82. The van der Waals surface area contributed by atoms with Crippen LogP contribution in [-0.4, -0.2) is 26.4 Å². The fourth-order valence-corrected chi connectivity index (χ4v) is 2.76. The molecule has 0 aromatic carbocycles. The van der Waals surface area contributed by atoms with Gasteiger partial charge in [0.2, 0.25) is 0 Å². The molecule has 3 heteroatoms. The Morgan fingerprint density at radius 1 is 0.895 bits per heavy atom. The van der Waals surface area contributed by atoms with Crippen molar-refractivity contribution in [1.82, 2.24) is 0 Å². The summed E-state index contributed by atoms with van der Waals surface area (Å²) >= 11 is 0. The summed E-state index contributed by atoms with van der Waals surface area (Å²) in [6.07, 6.45) is 3.96. The first-order valence-corrected chi connectivity index (χ1v) is 7.22. The summed E-state index contributed by atoms with van der Waals surface area (Å²) in [5.74, 6) is 1.64. The summed E-state index contributed by atoms with van der Waals surface area (Å²) < 4.78 is 16.5. The van der Waals surface area contributed by atoms with Gasteiger partial charge in [0, 0.05) is 23.7 Å². The van der Waals surface area contributed by atoms with Crippen molar-refractivity contribution < 1.29 is 14.2 Å². The Morgan fingerprint density at radius 2 is 1.26 bits per heavy atom. The summed E-state index contributed by atoms with van der Waals surface area (Å²) in [4.78, 5) is 0. The van der Waals surface area contributed by atoms with Crippen LogP contribution in [0, 0.1) is 10.8 Å². The van der Waals surface area contributed by atoms with Gasteiger partial charge in [-0.1, -0.05) is 27.0 Å². The summed E-state index contributed by atoms with van der Waals surface area (Å²) in [6.45, 7) is 15.8. The fourth-order valence-electron chi connectivity index (χ4n) is 2.76. The Morgan fingerprint density at radius 3 is 1.47 bits per heavy atom. The van der Waals surface area contributed by atoms with Crippen molar-refractivity contribution in [2.75, 3.05) is 26.4 Å². The monoisotopic (exact) mass is 266 g/mol. The van der Waals surface area contributed by atoms with Gasteiger partial charge >= 0.3 is 0 Å². The van der Waals surface area contributed by atoms with Crippen molar-refractivity contribution in [3.63, 3.8) is 0 Å². The van der Waals surface area contributed by atoms with E-state index in [2.05, 4.69) is 27.0 Å². The van der Waals surface area contributed by atoms with Crippen LogP contribution in [-0.2, 0) is 14.2 Å². The Labute approximate surface area is 116 Å². The van der Waals surface area contributed by atoms with Crippen LogP contribution in [0.2, 0.25) is 0 Å². The van der Waals surface area contributed by atoms with E-state index in [-0.39, 0.29) is 10.8 Å². The summed E-state index contributed by atoms with van der Waals surface area (Å²) in [5.41, 5.74) is 0.499. The van der Waals surface area contributed by atoms with Crippen LogP contribution in [0.1, 0.15) is 39.5 Å². The third kappa shape index (κ3) is 3.21. The zero-order valence-corrected chi connectivity index (χ0v) is 12.3. The highest BCUT2D eigenvalue weighted by Gasteiger charge is 2.39. The highest BCUT2D eigenvalue weighted by atomic mass is 16.5. The first-order valence-electron chi connectivity index (χ1n) is 7.22. The maximum Gasteiger partial charge on any atom is 0.0971 e. The molecule has 2 aliphatic heterocycles. The molecule has 0 radical (unpaired) electrons. The van der Waals surface area contributed by atoms with Gasteiger partial charge < -0.3 is 14.2 Å². The minimum atomic E-state index is 0.249. The Kier molecular flexibility index (Phi) is 4.36. The average Bonchev–Trinajstić information content (AvgIpc) is 2.28. The topological polar surface area (TPSA) is 27.7 Å². The maximum absolute atomic E-state index is 5.82. The smallest absolute Gasteiger partial charge is 0.0971 e. The lowest BCUT2D eigenvalue weighted by molar-refractivity contribution is -0.124. The lowest BCUT2D eigenvalue weighted by atomic mass is 9.79. The van der Waals surface area contributed by atoms with Crippen molar-refractivity contribution in [2.24, 2.45) is 10.8 Å². The molecule has 3 nitrogen and oxygen atoms in total. The molecule has 2 rings (SSSR count).